The number of nitrogens with one attached hydrogen (secondary N) is 3. The molecule has 0 fully saturated rings. The zero-order valence-electron chi connectivity index (χ0n) is 18.7. The quantitative estimate of drug-likeness (QED) is 0.379. The van der Waals surface area contributed by atoms with Gasteiger partial charge in [-0.1, -0.05) is 41.0 Å². The number of rotatable bonds is 15. The summed E-state index contributed by atoms with van der Waals surface area (Å²) in [6.07, 6.45) is 3.81. The molecule has 0 bridgehead atoms. The molecule has 0 radical (unpaired) electrons. The van der Waals surface area contributed by atoms with Gasteiger partial charge in [0.15, 0.2) is 0 Å². The van der Waals surface area contributed by atoms with Gasteiger partial charge in [0.2, 0.25) is 11.8 Å². The van der Waals surface area contributed by atoms with Crippen LogP contribution in [0.2, 0.25) is 0 Å². The Balaban J connectivity index is 4.08. The Kier molecular flexibility index (Phi) is 12.6. The van der Waals surface area contributed by atoms with Gasteiger partial charge >= 0.3 is 0 Å². The molecule has 0 heterocycles. The number of amides is 2. The number of hydrogen-bond acceptors (Lipinski definition) is 4. The van der Waals surface area contributed by atoms with Gasteiger partial charge in [0.25, 0.3) is 0 Å². The Hall–Kier alpha value is -1.14. The van der Waals surface area contributed by atoms with Crippen molar-refractivity contribution in [3.05, 3.63) is 0 Å². The van der Waals surface area contributed by atoms with Crippen molar-refractivity contribution in [1.29, 1.82) is 0 Å². The van der Waals surface area contributed by atoms with Gasteiger partial charge in [0.1, 0.15) is 0 Å². The second-order valence-corrected chi connectivity index (χ2v) is 8.76. The van der Waals surface area contributed by atoms with Gasteiger partial charge in [-0.05, 0) is 32.1 Å². The highest BCUT2D eigenvalue weighted by Crippen LogP contribution is 2.35. The van der Waals surface area contributed by atoms with Crippen LogP contribution in [-0.4, -0.2) is 49.7 Å². The van der Waals surface area contributed by atoms with Gasteiger partial charge in [0.05, 0.1) is 13.2 Å². The largest absolute Gasteiger partial charge is 0.378 e. The van der Waals surface area contributed by atoms with Crippen LogP contribution >= 0.6 is 0 Å². The standard InChI is InChI=1S/C21H43N3O3/c1-8-10-18(25)22-11-13-27-14-12-23-19(26)15-21(7,9-2)16-20(5,6)24-17(3)4/h17,24H,8-16H2,1-7H3,(H,22,25)(H,23,26). The van der Waals surface area contributed by atoms with Crippen LogP contribution in [0.1, 0.15) is 80.6 Å². The smallest absolute Gasteiger partial charge is 0.220 e. The van der Waals surface area contributed by atoms with Crippen molar-refractivity contribution in [3.8, 4) is 0 Å². The molecule has 0 aliphatic heterocycles. The Bertz CT molecular complexity index is 438. The fourth-order valence-electron chi connectivity index (χ4n) is 3.60. The van der Waals surface area contributed by atoms with Crippen molar-refractivity contribution in [2.75, 3.05) is 26.3 Å². The molecule has 0 rings (SSSR count). The zero-order valence-corrected chi connectivity index (χ0v) is 18.7. The molecular weight excluding hydrogens is 342 g/mol. The monoisotopic (exact) mass is 385 g/mol. The van der Waals surface area contributed by atoms with Gasteiger partial charge in [-0.25, -0.2) is 0 Å². The van der Waals surface area contributed by atoms with Gasteiger partial charge in [-0.2, -0.15) is 0 Å². The Morgan fingerprint density at radius 3 is 2.00 bits per heavy atom. The molecule has 0 aliphatic carbocycles. The number of carbonyl (C=O) groups is 2. The van der Waals surface area contributed by atoms with Crippen molar-refractivity contribution in [2.24, 2.45) is 5.41 Å². The minimum absolute atomic E-state index is 0.00940. The topological polar surface area (TPSA) is 79.5 Å². The molecule has 0 saturated carbocycles. The van der Waals surface area contributed by atoms with Gasteiger partial charge in [0, 0.05) is 37.5 Å². The summed E-state index contributed by atoms with van der Waals surface area (Å²) < 4.78 is 5.45. The summed E-state index contributed by atoms with van der Waals surface area (Å²) >= 11 is 0. The third-order valence-corrected chi connectivity index (χ3v) is 4.60. The van der Waals surface area contributed by atoms with Crippen molar-refractivity contribution in [2.45, 2.75) is 92.2 Å². The molecular formula is C21H43N3O3. The molecule has 160 valence electrons. The molecule has 0 saturated heterocycles. The van der Waals surface area contributed by atoms with Gasteiger partial charge in [-0.15, -0.1) is 0 Å². The van der Waals surface area contributed by atoms with Crippen LogP contribution in [0.25, 0.3) is 0 Å². The van der Waals surface area contributed by atoms with Crippen molar-refractivity contribution in [1.82, 2.24) is 16.0 Å². The molecule has 6 nitrogen and oxygen atoms in total. The van der Waals surface area contributed by atoms with Crippen LogP contribution < -0.4 is 16.0 Å². The second-order valence-electron chi connectivity index (χ2n) is 8.76. The van der Waals surface area contributed by atoms with E-state index >= 15 is 0 Å². The molecule has 1 unspecified atom stereocenters. The van der Waals surface area contributed by atoms with Crippen LogP contribution in [0, 0.1) is 5.41 Å². The molecule has 2 amide bonds. The van der Waals surface area contributed by atoms with Crippen LogP contribution in [0.4, 0.5) is 0 Å². The fourth-order valence-corrected chi connectivity index (χ4v) is 3.60. The van der Waals surface area contributed by atoms with E-state index in [1.54, 1.807) is 0 Å². The maximum Gasteiger partial charge on any atom is 0.220 e. The van der Waals surface area contributed by atoms with Crippen molar-refractivity contribution < 1.29 is 14.3 Å². The van der Waals surface area contributed by atoms with E-state index < -0.39 is 0 Å². The number of ether oxygens (including phenoxy) is 1. The van der Waals surface area contributed by atoms with Crippen LogP contribution in [0.5, 0.6) is 0 Å². The Labute approximate surface area is 166 Å². The van der Waals surface area contributed by atoms with E-state index in [2.05, 4.69) is 57.5 Å². The summed E-state index contributed by atoms with van der Waals surface area (Å²) in [6, 6.07) is 0.416. The van der Waals surface area contributed by atoms with E-state index in [0.29, 0.717) is 45.2 Å². The first-order chi connectivity index (χ1) is 12.5. The first-order valence-electron chi connectivity index (χ1n) is 10.4. The zero-order chi connectivity index (χ0) is 20.9. The predicted octanol–water partition coefficient (Wildman–Crippen LogP) is 3.01. The molecule has 27 heavy (non-hydrogen) atoms. The van der Waals surface area contributed by atoms with E-state index in [0.717, 1.165) is 19.3 Å². The lowest BCUT2D eigenvalue weighted by Gasteiger charge is -2.38. The maximum atomic E-state index is 12.3. The van der Waals surface area contributed by atoms with Crippen LogP contribution in [-0.2, 0) is 14.3 Å². The third kappa shape index (κ3) is 13.6. The molecule has 1 atom stereocenters. The van der Waals surface area contributed by atoms with E-state index in [1.165, 1.54) is 0 Å². The first-order valence-corrected chi connectivity index (χ1v) is 10.4. The second kappa shape index (κ2) is 13.1. The fraction of sp³-hybridized carbons (Fsp3) is 0.905. The van der Waals surface area contributed by atoms with E-state index in [1.807, 2.05) is 6.92 Å². The Morgan fingerprint density at radius 2 is 1.52 bits per heavy atom. The number of carbonyl (C=O) groups excluding carboxylic acids is 2. The predicted molar refractivity (Wildman–Crippen MR) is 112 cm³/mol. The molecule has 0 aromatic rings. The highest BCUT2D eigenvalue weighted by atomic mass is 16.5. The normalized spacial score (nSPS) is 14.1. The summed E-state index contributed by atoms with van der Waals surface area (Å²) in [5, 5.41) is 9.34. The summed E-state index contributed by atoms with van der Waals surface area (Å²) in [7, 11) is 0. The lowest BCUT2D eigenvalue weighted by atomic mass is 9.74. The minimum Gasteiger partial charge on any atom is -0.378 e. The minimum atomic E-state index is -0.0418. The lowest BCUT2D eigenvalue weighted by molar-refractivity contribution is -0.124. The summed E-state index contributed by atoms with van der Waals surface area (Å²) in [5.41, 5.74) is -0.0512. The van der Waals surface area contributed by atoms with Crippen LogP contribution in [0.15, 0.2) is 0 Å². The molecule has 0 aromatic heterocycles. The molecule has 0 spiro atoms. The summed E-state index contributed by atoms with van der Waals surface area (Å²) in [4.78, 5) is 23.6. The van der Waals surface area contributed by atoms with E-state index in [-0.39, 0.29) is 22.8 Å². The average molecular weight is 386 g/mol. The average Bonchev–Trinajstić information content (AvgIpc) is 2.52. The van der Waals surface area contributed by atoms with Gasteiger partial charge < -0.3 is 20.7 Å². The maximum absolute atomic E-state index is 12.3. The first kappa shape index (κ1) is 25.9. The Morgan fingerprint density at radius 1 is 0.963 bits per heavy atom. The highest BCUT2D eigenvalue weighted by molar-refractivity contribution is 5.76. The summed E-state index contributed by atoms with van der Waals surface area (Å²) in [5.74, 6) is 0.127. The van der Waals surface area contributed by atoms with Crippen LogP contribution in [0.3, 0.4) is 0 Å². The molecule has 3 N–H and O–H groups in total. The third-order valence-electron chi connectivity index (χ3n) is 4.60. The summed E-state index contributed by atoms with van der Waals surface area (Å²) in [6.45, 7) is 16.9. The number of hydrogen-bond donors (Lipinski definition) is 3. The van der Waals surface area contributed by atoms with Crippen molar-refractivity contribution in [3.63, 3.8) is 0 Å². The molecule has 0 aromatic carbocycles. The SMILES string of the molecule is CCCC(=O)NCCOCCNC(=O)CC(C)(CC)CC(C)(C)NC(C)C. The molecule has 0 aliphatic rings. The van der Waals surface area contributed by atoms with Crippen molar-refractivity contribution >= 4 is 11.8 Å². The van der Waals surface area contributed by atoms with E-state index in [9.17, 15) is 9.59 Å². The van der Waals surface area contributed by atoms with E-state index in [4.69, 9.17) is 4.74 Å². The molecule has 6 heteroatoms. The highest BCUT2D eigenvalue weighted by Gasteiger charge is 2.33. The van der Waals surface area contributed by atoms with Gasteiger partial charge in [-0.3, -0.25) is 9.59 Å². The lowest BCUT2D eigenvalue weighted by Crippen LogP contribution is -2.47.